The van der Waals surface area contributed by atoms with Crippen LogP contribution in [0.4, 0.5) is 5.69 Å². The average Bonchev–Trinajstić information content (AvgIpc) is 3.06. The van der Waals surface area contributed by atoms with Crippen molar-refractivity contribution in [3.8, 4) is 0 Å². The minimum atomic E-state index is -0.473. The van der Waals surface area contributed by atoms with Gasteiger partial charge in [0, 0.05) is 18.3 Å². The highest BCUT2D eigenvalue weighted by molar-refractivity contribution is 5.99. The van der Waals surface area contributed by atoms with Crippen molar-refractivity contribution < 1.29 is 18.8 Å². The molecule has 0 saturated heterocycles. The van der Waals surface area contributed by atoms with Gasteiger partial charge in [-0.05, 0) is 30.3 Å². The lowest BCUT2D eigenvalue weighted by atomic mass is 10.2. The molecule has 1 aromatic heterocycles. The molecular formula is C15H15N3O4. The standard InChI is InChI=1S/C15H15N3O4/c1-16-14(20)10-4-2-5-11(8-10)18-13(19)9-17-15(21)12-6-3-7-22-12/h2-8H,9H2,1H3,(H,16,20)(H,17,21)(H,18,19). The van der Waals surface area contributed by atoms with Gasteiger partial charge in [0.2, 0.25) is 5.91 Å². The second-order valence-corrected chi connectivity index (χ2v) is 4.37. The van der Waals surface area contributed by atoms with Gasteiger partial charge in [0.1, 0.15) is 0 Å². The molecule has 0 aliphatic carbocycles. The first-order valence-corrected chi connectivity index (χ1v) is 6.54. The van der Waals surface area contributed by atoms with Gasteiger partial charge in [0.05, 0.1) is 12.8 Å². The van der Waals surface area contributed by atoms with E-state index in [1.54, 1.807) is 30.3 Å². The number of anilines is 1. The van der Waals surface area contributed by atoms with E-state index < -0.39 is 11.8 Å². The largest absolute Gasteiger partial charge is 0.459 e. The van der Waals surface area contributed by atoms with Crippen molar-refractivity contribution in [2.24, 2.45) is 0 Å². The fourth-order valence-corrected chi connectivity index (χ4v) is 1.74. The molecular weight excluding hydrogens is 286 g/mol. The van der Waals surface area contributed by atoms with Crippen LogP contribution in [0.3, 0.4) is 0 Å². The van der Waals surface area contributed by atoms with Crippen molar-refractivity contribution in [1.29, 1.82) is 0 Å². The lowest BCUT2D eigenvalue weighted by Crippen LogP contribution is -2.32. The molecule has 1 aromatic carbocycles. The van der Waals surface area contributed by atoms with Crippen LogP contribution >= 0.6 is 0 Å². The van der Waals surface area contributed by atoms with Crippen LogP contribution in [0.25, 0.3) is 0 Å². The number of hydrogen-bond acceptors (Lipinski definition) is 4. The van der Waals surface area contributed by atoms with Crippen LogP contribution in [-0.2, 0) is 4.79 Å². The van der Waals surface area contributed by atoms with Crippen molar-refractivity contribution >= 4 is 23.4 Å². The fourth-order valence-electron chi connectivity index (χ4n) is 1.74. The van der Waals surface area contributed by atoms with Gasteiger partial charge >= 0.3 is 0 Å². The molecule has 3 amide bonds. The second-order valence-electron chi connectivity index (χ2n) is 4.37. The fraction of sp³-hybridized carbons (Fsp3) is 0.133. The van der Waals surface area contributed by atoms with Gasteiger partial charge in [0.25, 0.3) is 11.8 Å². The number of hydrogen-bond donors (Lipinski definition) is 3. The summed E-state index contributed by atoms with van der Waals surface area (Å²) in [5, 5.41) is 7.53. The molecule has 0 saturated carbocycles. The Bertz CT molecular complexity index is 680. The van der Waals surface area contributed by atoms with Gasteiger partial charge in [-0.15, -0.1) is 0 Å². The SMILES string of the molecule is CNC(=O)c1cccc(NC(=O)CNC(=O)c2ccco2)c1. The lowest BCUT2D eigenvalue weighted by Gasteiger charge is -2.07. The molecule has 0 radical (unpaired) electrons. The van der Waals surface area contributed by atoms with Gasteiger partial charge in [-0.1, -0.05) is 6.07 Å². The summed E-state index contributed by atoms with van der Waals surface area (Å²) in [5.74, 6) is -0.996. The lowest BCUT2D eigenvalue weighted by molar-refractivity contribution is -0.115. The highest BCUT2D eigenvalue weighted by atomic mass is 16.3. The maximum atomic E-state index is 11.8. The molecule has 2 aromatic rings. The van der Waals surface area contributed by atoms with E-state index in [0.717, 1.165) is 0 Å². The Morgan fingerprint density at radius 1 is 1.09 bits per heavy atom. The van der Waals surface area contributed by atoms with E-state index in [0.29, 0.717) is 11.3 Å². The first kappa shape index (κ1) is 15.3. The van der Waals surface area contributed by atoms with Gasteiger partial charge in [0.15, 0.2) is 5.76 Å². The molecule has 0 aliphatic rings. The van der Waals surface area contributed by atoms with Crippen LogP contribution in [0.15, 0.2) is 47.1 Å². The summed E-state index contributed by atoms with van der Waals surface area (Å²) in [5.41, 5.74) is 0.901. The van der Waals surface area contributed by atoms with E-state index in [9.17, 15) is 14.4 Å². The van der Waals surface area contributed by atoms with Crippen LogP contribution in [0.2, 0.25) is 0 Å². The third-order valence-electron chi connectivity index (χ3n) is 2.79. The predicted molar refractivity (Wildman–Crippen MR) is 79.5 cm³/mol. The number of nitrogens with one attached hydrogen (secondary N) is 3. The van der Waals surface area contributed by atoms with E-state index in [1.165, 1.54) is 19.4 Å². The number of amides is 3. The van der Waals surface area contributed by atoms with Crippen LogP contribution < -0.4 is 16.0 Å². The number of carbonyl (C=O) groups is 3. The topological polar surface area (TPSA) is 100 Å². The van der Waals surface area contributed by atoms with Gasteiger partial charge < -0.3 is 20.4 Å². The molecule has 0 unspecified atom stereocenters. The maximum Gasteiger partial charge on any atom is 0.287 e. The summed E-state index contributed by atoms with van der Waals surface area (Å²) in [4.78, 5) is 34.9. The average molecular weight is 301 g/mol. The quantitative estimate of drug-likeness (QED) is 0.767. The summed E-state index contributed by atoms with van der Waals surface area (Å²) < 4.78 is 4.91. The third kappa shape index (κ3) is 3.95. The van der Waals surface area contributed by atoms with Gasteiger partial charge in [-0.25, -0.2) is 0 Å². The van der Waals surface area contributed by atoms with Gasteiger partial charge in [-0.2, -0.15) is 0 Å². The number of furan rings is 1. The van der Waals surface area contributed by atoms with Crippen molar-refractivity contribution in [2.45, 2.75) is 0 Å². The molecule has 0 fully saturated rings. The maximum absolute atomic E-state index is 11.8. The van der Waals surface area contributed by atoms with Crippen LogP contribution in [0, 0.1) is 0 Å². The van der Waals surface area contributed by atoms with Crippen molar-refractivity contribution in [2.75, 3.05) is 18.9 Å². The van der Waals surface area contributed by atoms with Crippen LogP contribution in [-0.4, -0.2) is 31.3 Å². The molecule has 1 heterocycles. The van der Waals surface area contributed by atoms with E-state index in [1.807, 2.05) is 0 Å². The molecule has 114 valence electrons. The highest BCUT2D eigenvalue weighted by Crippen LogP contribution is 2.10. The molecule has 0 atom stereocenters. The highest BCUT2D eigenvalue weighted by Gasteiger charge is 2.11. The Hall–Kier alpha value is -3.09. The molecule has 2 rings (SSSR count). The van der Waals surface area contributed by atoms with E-state index in [-0.39, 0.29) is 18.2 Å². The Labute approximate surface area is 126 Å². The Morgan fingerprint density at radius 3 is 2.59 bits per heavy atom. The summed E-state index contributed by atoms with van der Waals surface area (Å²) in [7, 11) is 1.53. The molecule has 7 heteroatoms. The zero-order chi connectivity index (χ0) is 15.9. The van der Waals surface area contributed by atoms with E-state index in [2.05, 4.69) is 16.0 Å². The van der Waals surface area contributed by atoms with Crippen molar-refractivity contribution in [3.63, 3.8) is 0 Å². The summed E-state index contributed by atoms with van der Waals surface area (Å²) >= 11 is 0. The first-order valence-electron chi connectivity index (χ1n) is 6.54. The molecule has 0 bridgehead atoms. The van der Waals surface area contributed by atoms with Crippen molar-refractivity contribution in [1.82, 2.24) is 10.6 Å². The number of carbonyl (C=O) groups excluding carboxylic acids is 3. The molecule has 0 aliphatic heterocycles. The van der Waals surface area contributed by atoms with Crippen LogP contribution in [0.5, 0.6) is 0 Å². The minimum absolute atomic E-state index is 0.134. The second kappa shape index (κ2) is 7.07. The monoisotopic (exact) mass is 301 g/mol. The normalized spacial score (nSPS) is 9.86. The molecule has 3 N–H and O–H groups in total. The first-order chi connectivity index (χ1) is 10.6. The van der Waals surface area contributed by atoms with Crippen LogP contribution in [0.1, 0.15) is 20.9 Å². The smallest absolute Gasteiger partial charge is 0.287 e. The van der Waals surface area contributed by atoms with E-state index >= 15 is 0 Å². The predicted octanol–water partition coefficient (Wildman–Crippen LogP) is 1.01. The minimum Gasteiger partial charge on any atom is -0.459 e. The zero-order valence-electron chi connectivity index (χ0n) is 11.9. The number of benzene rings is 1. The van der Waals surface area contributed by atoms with Crippen molar-refractivity contribution in [3.05, 3.63) is 54.0 Å². The molecule has 0 spiro atoms. The third-order valence-corrected chi connectivity index (χ3v) is 2.79. The Morgan fingerprint density at radius 2 is 1.91 bits per heavy atom. The van der Waals surface area contributed by atoms with E-state index in [4.69, 9.17) is 4.42 Å². The Balaban J connectivity index is 1.89. The molecule has 7 nitrogen and oxygen atoms in total. The Kier molecular flexibility index (Phi) is 4.92. The summed E-state index contributed by atoms with van der Waals surface area (Å²) in [6.07, 6.45) is 1.37. The summed E-state index contributed by atoms with van der Waals surface area (Å²) in [6, 6.07) is 9.57. The molecule has 22 heavy (non-hydrogen) atoms. The zero-order valence-corrected chi connectivity index (χ0v) is 11.9. The number of rotatable bonds is 5. The summed E-state index contributed by atoms with van der Waals surface area (Å²) in [6.45, 7) is -0.205. The van der Waals surface area contributed by atoms with Gasteiger partial charge in [-0.3, -0.25) is 14.4 Å².